The minimum Gasteiger partial charge on any atom is -0.447 e. The van der Waals surface area contributed by atoms with Crippen molar-refractivity contribution in [3.8, 4) is 0 Å². The molecular formula is C70H122N2O7. The summed E-state index contributed by atoms with van der Waals surface area (Å²) in [4.78, 5) is 28.2. The van der Waals surface area contributed by atoms with Crippen molar-refractivity contribution in [2.45, 2.75) is 316 Å². The zero-order chi connectivity index (χ0) is 56.8. The van der Waals surface area contributed by atoms with Gasteiger partial charge in [-0.1, -0.05) is 314 Å². The standard InChI is InChI=1S/C70H122N2O7/c1-8-10-12-14-16-18-20-22-23-24-25-26-27-28-29-30-31-32-34-36-38-40-48-54-67(73)71-64(57-77-69-61(5)59(3)60(4)66(79-69)58-78-70(74)72(6)7)68(76-56-63-51-45-42-46-52-63)65(75-55-62-49-43-41-44-50-62)53-47-39-37-35-33-21-19-17-15-13-11-9-2/h41-46,49-52,59-61,64-66,68-69H,8-40,47-48,53-58H2,1-7H3,(H,71,73)/t59-,60+,61?,64-,65+,66?,68-,69-/m0/s1. The van der Waals surface area contributed by atoms with Crippen molar-refractivity contribution in [1.29, 1.82) is 0 Å². The number of hydrogen-bond acceptors (Lipinski definition) is 7. The Bertz CT molecular complexity index is 1700. The summed E-state index contributed by atoms with van der Waals surface area (Å²) in [6, 6.07) is 20.2. The summed E-state index contributed by atoms with van der Waals surface area (Å²) < 4.78 is 33.2. The van der Waals surface area contributed by atoms with E-state index in [4.69, 9.17) is 23.7 Å². The Balaban J connectivity index is 1.61. The predicted octanol–water partition coefficient (Wildman–Crippen LogP) is 19.5. The SMILES string of the molecule is CCCCCCCCCCCCCCCCCCCCCCCCCC(=O)N[C@@H](CO[C@H]1OC(COC(=O)N(C)C)[C@H](C)[C@H](C)C1C)[C@H](OCc1ccccc1)[C@@H](CCCCCCCCCCCCCC)OCc1ccccc1. The Morgan fingerprint density at radius 3 is 1.32 bits per heavy atom. The summed E-state index contributed by atoms with van der Waals surface area (Å²) in [5.41, 5.74) is 2.17. The third kappa shape index (κ3) is 34.3. The Morgan fingerprint density at radius 2 is 0.899 bits per heavy atom. The lowest BCUT2D eigenvalue weighted by molar-refractivity contribution is -0.259. The van der Waals surface area contributed by atoms with Crippen LogP contribution >= 0.6 is 0 Å². The molecule has 454 valence electrons. The highest BCUT2D eigenvalue weighted by molar-refractivity contribution is 5.76. The molecule has 1 fully saturated rings. The molecular weight excluding hydrogens is 981 g/mol. The Labute approximate surface area is 486 Å². The van der Waals surface area contributed by atoms with Gasteiger partial charge in [0.2, 0.25) is 5.91 Å². The summed E-state index contributed by atoms with van der Waals surface area (Å²) >= 11 is 0. The lowest BCUT2D eigenvalue weighted by atomic mass is 9.79. The summed E-state index contributed by atoms with van der Waals surface area (Å²) in [5, 5.41) is 3.48. The van der Waals surface area contributed by atoms with E-state index in [1.807, 2.05) is 24.3 Å². The summed E-state index contributed by atoms with van der Waals surface area (Å²) in [7, 11) is 3.38. The molecule has 8 atom stereocenters. The molecule has 2 aromatic rings. The second kappa shape index (κ2) is 47.5. The van der Waals surface area contributed by atoms with Gasteiger partial charge in [-0.15, -0.1) is 0 Å². The van der Waals surface area contributed by atoms with Crippen LogP contribution in [-0.4, -0.2) is 74.9 Å². The molecule has 0 aromatic heterocycles. The number of hydrogen-bond donors (Lipinski definition) is 1. The molecule has 1 aliphatic heterocycles. The smallest absolute Gasteiger partial charge is 0.409 e. The fourth-order valence-corrected chi connectivity index (χ4v) is 11.5. The summed E-state index contributed by atoms with van der Waals surface area (Å²) in [6.07, 6.45) is 45.5. The van der Waals surface area contributed by atoms with Crippen LogP contribution in [0.25, 0.3) is 0 Å². The molecule has 2 unspecified atom stereocenters. The van der Waals surface area contributed by atoms with Gasteiger partial charge >= 0.3 is 6.09 Å². The van der Waals surface area contributed by atoms with Gasteiger partial charge in [0.25, 0.3) is 0 Å². The van der Waals surface area contributed by atoms with Gasteiger partial charge in [0.15, 0.2) is 6.29 Å². The molecule has 9 nitrogen and oxygen atoms in total. The first-order chi connectivity index (χ1) is 38.6. The maximum Gasteiger partial charge on any atom is 0.409 e. The van der Waals surface area contributed by atoms with E-state index >= 15 is 0 Å². The largest absolute Gasteiger partial charge is 0.447 e. The fourth-order valence-electron chi connectivity index (χ4n) is 11.5. The second-order valence-corrected chi connectivity index (χ2v) is 24.4. The average molecular weight is 1100 g/mol. The van der Waals surface area contributed by atoms with E-state index in [0.717, 1.165) is 49.7 Å². The minimum atomic E-state index is -0.562. The zero-order valence-corrected chi connectivity index (χ0v) is 52.2. The van der Waals surface area contributed by atoms with Crippen LogP contribution in [-0.2, 0) is 41.7 Å². The Morgan fingerprint density at radius 1 is 0.506 bits per heavy atom. The third-order valence-electron chi connectivity index (χ3n) is 17.2. The van der Waals surface area contributed by atoms with Gasteiger partial charge in [-0.2, -0.15) is 0 Å². The van der Waals surface area contributed by atoms with Gasteiger partial charge in [-0.05, 0) is 35.8 Å². The highest BCUT2D eigenvalue weighted by atomic mass is 16.7. The van der Waals surface area contributed by atoms with Crippen molar-refractivity contribution in [3.05, 3.63) is 71.8 Å². The number of ether oxygens (including phenoxy) is 5. The van der Waals surface area contributed by atoms with Crippen LogP contribution in [0.15, 0.2) is 60.7 Å². The van der Waals surface area contributed by atoms with Crippen LogP contribution in [0.2, 0.25) is 0 Å². The molecule has 0 radical (unpaired) electrons. The van der Waals surface area contributed by atoms with Gasteiger partial charge in [-0.3, -0.25) is 4.79 Å². The van der Waals surface area contributed by atoms with Crippen molar-refractivity contribution in [1.82, 2.24) is 10.2 Å². The number of nitrogens with one attached hydrogen (secondary N) is 1. The maximum absolute atomic E-state index is 14.2. The van der Waals surface area contributed by atoms with Gasteiger partial charge < -0.3 is 33.9 Å². The number of amides is 2. The number of nitrogens with zero attached hydrogens (tertiary/aromatic N) is 1. The number of benzene rings is 2. The lowest BCUT2D eigenvalue weighted by Crippen LogP contribution is -2.55. The second-order valence-electron chi connectivity index (χ2n) is 24.4. The molecule has 0 saturated carbocycles. The molecule has 3 rings (SSSR count). The molecule has 1 heterocycles. The molecule has 0 aliphatic carbocycles. The normalized spacial score (nSPS) is 18.5. The average Bonchev–Trinajstić information content (AvgIpc) is 3.47. The number of carbonyl (C=O) groups is 2. The highest BCUT2D eigenvalue weighted by Gasteiger charge is 2.42. The maximum atomic E-state index is 14.2. The number of rotatable bonds is 51. The van der Waals surface area contributed by atoms with Crippen molar-refractivity contribution < 1.29 is 33.3 Å². The fraction of sp³-hybridized carbons (Fsp3) is 0.800. The van der Waals surface area contributed by atoms with Crippen LogP contribution in [0.4, 0.5) is 4.79 Å². The van der Waals surface area contributed by atoms with E-state index in [2.05, 4.69) is 76.3 Å². The monoisotopic (exact) mass is 1100 g/mol. The molecule has 1 N–H and O–H groups in total. The van der Waals surface area contributed by atoms with Gasteiger partial charge in [0.05, 0.1) is 38.1 Å². The quantitative estimate of drug-likeness (QED) is 0.0659. The first-order valence-corrected chi connectivity index (χ1v) is 33.4. The number of carbonyl (C=O) groups excluding carboxylic acids is 2. The van der Waals surface area contributed by atoms with Gasteiger partial charge in [-0.25, -0.2) is 4.79 Å². The van der Waals surface area contributed by atoms with Crippen molar-refractivity contribution >= 4 is 12.0 Å². The predicted molar refractivity (Wildman–Crippen MR) is 331 cm³/mol. The Kier molecular flexibility index (Phi) is 42.3. The molecule has 0 bridgehead atoms. The van der Waals surface area contributed by atoms with E-state index in [1.165, 1.54) is 198 Å². The first-order valence-electron chi connectivity index (χ1n) is 33.4. The van der Waals surface area contributed by atoms with E-state index in [9.17, 15) is 9.59 Å². The molecule has 1 saturated heterocycles. The van der Waals surface area contributed by atoms with Crippen molar-refractivity contribution in [2.24, 2.45) is 17.8 Å². The third-order valence-corrected chi connectivity index (χ3v) is 17.2. The van der Waals surface area contributed by atoms with E-state index < -0.39 is 24.5 Å². The summed E-state index contributed by atoms with van der Waals surface area (Å²) in [6.45, 7) is 12.3. The van der Waals surface area contributed by atoms with E-state index in [0.29, 0.717) is 19.6 Å². The molecule has 0 spiro atoms. The Hall–Kier alpha value is -2.98. The van der Waals surface area contributed by atoms with Crippen LogP contribution in [0, 0.1) is 17.8 Å². The molecule has 2 amide bonds. The topological polar surface area (TPSA) is 95.6 Å². The molecule has 79 heavy (non-hydrogen) atoms. The highest BCUT2D eigenvalue weighted by Crippen LogP contribution is 2.36. The van der Waals surface area contributed by atoms with Crippen LogP contribution < -0.4 is 5.32 Å². The number of unbranched alkanes of at least 4 members (excludes halogenated alkanes) is 33. The molecule has 2 aromatic carbocycles. The summed E-state index contributed by atoms with van der Waals surface area (Å²) in [5.74, 6) is 0.477. The van der Waals surface area contributed by atoms with Crippen LogP contribution in [0.1, 0.15) is 283 Å². The van der Waals surface area contributed by atoms with Gasteiger partial charge in [0, 0.05) is 26.4 Å². The van der Waals surface area contributed by atoms with Crippen LogP contribution in [0.3, 0.4) is 0 Å². The van der Waals surface area contributed by atoms with Crippen molar-refractivity contribution in [3.63, 3.8) is 0 Å². The van der Waals surface area contributed by atoms with E-state index in [-0.39, 0.29) is 49.1 Å². The minimum absolute atomic E-state index is 0.0191. The van der Waals surface area contributed by atoms with E-state index in [1.54, 1.807) is 14.1 Å². The van der Waals surface area contributed by atoms with Gasteiger partial charge in [0.1, 0.15) is 12.7 Å². The van der Waals surface area contributed by atoms with Crippen LogP contribution in [0.5, 0.6) is 0 Å². The first kappa shape index (κ1) is 70.3. The van der Waals surface area contributed by atoms with Crippen molar-refractivity contribution in [2.75, 3.05) is 27.3 Å². The zero-order valence-electron chi connectivity index (χ0n) is 52.2. The molecule has 1 aliphatic rings. The molecule has 9 heteroatoms. The lowest BCUT2D eigenvalue weighted by Gasteiger charge is -2.44.